The number of furan rings is 5. The first-order chi connectivity index (χ1) is 69.5. The lowest BCUT2D eigenvalue weighted by Gasteiger charge is -2.09. The van der Waals surface area contributed by atoms with Crippen LogP contribution in [0.5, 0.6) is 0 Å². The summed E-state index contributed by atoms with van der Waals surface area (Å²) in [5, 5.41) is 17.7. The maximum Gasteiger partial charge on any atom is 0.138 e. The van der Waals surface area contributed by atoms with Crippen molar-refractivity contribution in [1.29, 1.82) is 0 Å². The molecule has 0 N–H and O–H groups in total. The number of fused-ring (bicyclic) bond motifs is 25. The van der Waals surface area contributed by atoms with Crippen LogP contribution in [0.4, 0.5) is 0 Å². The number of aromatic nitrogens is 11. The summed E-state index contributed by atoms with van der Waals surface area (Å²) in [5.41, 5.74) is 28.9. The molecule has 16 aromatic heterocycles. The SMILES string of the molecule is c1cc(-c2ccncc2)nc(-n2c3ccccc3c3ccc4occc4c32)c1.c1ccc(-c2ccc(-n3c4ccccc4c4ccc5occc5c43)cc2)nc1.c1ccc(-c2ccc(-n3c4ccccc4c4ccc5occc5c43)cn2)cc1.c1ccc(-c2ccc(-n3c4ccccc4c4ccc5occc5c43)nc2)cc1.c1ccc(-c2ccnc(-n3c4ccccc4c4ccc5occc5c43)c2)cc1. The van der Waals surface area contributed by atoms with Crippen LogP contribution in [-0.2, 0) is 0 Å². The minimum absolute atomic E-state index is 0.877. The first kappa shape index (κ1) is 81.4. The Kier molecular flexibility index (Phi) is 20.1. The van der Waals surface area contributed by atoms with Crippen molar-refractivity contribution in [2.24, 2.45) is 0 Å². The molecule has 0 atom stereocenters. The zero-order valence-corrected chi connectivity index (χ0v) is 75.1. The quantitative estimate of drug-likeness (QED) is 0.128. The van der Waals surface area contributed by atoms with Crippen molar-refractivity contribution >= 4 is 164 Å². The molecule has 16 heterocycles. The van der Waals surface area contributed by atoms with Gasteiger partial charge in [0.1, 0.15) is 45.4 Å². The van der Waals surface area contributed by atoms with Crippen LogP contribution >= 0.6 is 0 Å². The fourth-order valence-electron chi connectivity index (χ4n) is 20.3. The second-order valence-corrected chi connectivity index (χ2v) is 34.4. The molecule has 0 fully saturated rings. The molecule has 0 aliphatic rings. The molecule has 16 heteroatoms. The molecule has 0 aliphatic heterocycles. The van der Waals surface area contributed by atoms with Crippen LogP contribution in [0.15, 0.2) is 503 Å². The van der Waals surface area contributed by atoms with E-state index < -0.39 is 0 Å². The molecule has 660 valence electrons. The minimum atomic E-state index is 0.877. The van der Waals surface area contributed by atoms with Gasteiger partial charge in [0.2, 0.25) is 0 Å². The number of hydrogen-bond acceptors (Lipinski definition) is 11. The topological polar surface area (TPSA) is 168 Å². The highest BCUT2D eigenvalue weighted by Gasteiger charge is 2.24. The van der Waals surface area contributed by atoms with E-state index in [4.69, 9.17) is 42.0 Å². The monoisotopic (exact) mass is 1800 g/mol. The number of para-hydroxylation sites is 5. The lowest BCUT2D eigenvalue weighted by Crippen LogP contribution is -1.98. The van der Waals surface area contributed by atoms with Crippen molar-refractivity contribution in [3.05, 3.63) is 481 Å². The lowest BCUT2D eigenvalue weighted by molar-refractivity contribution is 0.615. The third-order valence-electron chi connectivity index (χ3n) is 26.6. The van der Waals surface area contributed by atoms with Gasteiger partial charge in [-0.25, -0.2) is 15.0 Å². The van der Waals surface area contributed by atoms with Crippen LogP contribution in [0.3, 0.4) is 0 Å². The summed E-state index contributed by atoms with van der Waals surface area (Å²) >= 11 is 0. The van der Waals surface area contributed by atoms with Crippen molar-refractivity contribution in [3.63, 3.8) is 0 Å². The number of hydrogen-bond donors (Lipinski definition) is 0. The van der Waals surface area contributed by atoms with Gasteiger partial charge in [-0.3, -0.25) is 28.7 Å². The Hall–Kier alpha value is -19.3. The van der Waals surface area contributed by atoms with Gasteiger partial charge in [-0.05, 0) is 223 Å². The average Bonchev–Trinajstić information content (AvgIpc) is 1.62. The van der Waals surface area contributed by atoms with Crippen LogP contribution in [0, 0.1) is 0 Å². The van der Waals surface area contributed by atoms with Crippen molar-refractivity contribution < 1.29 is 22.1 Å². The summed E-state index contributed by atoms with van der Waals surface area (Å²) in [5.74, 6) is 2.69. The molecule has 16 nitrogen and oxygen atoms in total. The predicted molar refractivity (Wildman–Crippen MR) is 567 cm³/mol. The molecule has 30 aromatic rings. The van der Waals surface area contributed by atoms with Gasteiger partial charge in [0.25, 0.3) is 0 Å². The predicted octanol–water partition coefficient (Wildman–Crippen LogP) is 32.4. The molecule has 0 saturated carbocycles. The van der Waals surface area contributed by atoms with Crippen LogP contribution in [0.1, 0.15) is 0 Å². The second-order valence-electron chi connectivity index (χ2n) is 34.4. The maximum atomic E-state index is 5.67. The minimum Gasteiger partial charge on any atom is -0.464 e. The molecule has 0 unspecified atom stereocenters. The Morgan fingerprint density at radius 3 is 0.964 bits per heavy atom. The third kappa shape index (κ3) is 14.2. The van der Waals surface area contributed by atoms with Gasteiger partial charge in [-0.2, -0.15) is 0 Å². The summed E-state index contributed by atoms with van der Waals surface area (Å²) in [6, 6.07) is 142. The molecular formula is C124H79N11O5. The Balaban J connectivity index is 0.0000000900. The fraction of sp³-hybridized carbons (Fsp3) is 0. The van der Waals surface area contributed by atoms with Gasteiger partial charge in [0, 0.05) is 140 Å². The highest BCUT2D eigenvalue weighted by molar-refractivity contribution is 6.23. The van der Waals surface area contributed by atoms with Crippen molar-refractivity contribution in [2.45, 2.75) is 0 Å². The Labute approximate surface area is 799 Å². The van der Waals surface area contributed by atoms with Crippen LogP contribution in [-0.4, -0.2) is 52.7 Å². The highest BCUT2D eigenvalue weighted by Crippen LogP contribution is 2.45. The number of nitrogens with zero attached hydrogens (tertiary/aromatic N) is 11. The van der Waals surface area contributed by atoms with Crippen molar-refractivity contribution in [3.8, 4) is 84.9 Å². The number of rotatable bonds is 10. The standard InChI is InChI=1S/4C25H16N2O.C24H15N3O/c1-2-7-23-19(5-1)20-12-13-24-21(14-16-28-24)25(20)27(23)18-10-8-17(9-11-18)22-6-3-4-15-26-22;1-2-6-17(7-3-1)18-10-13-24(26-16-18)27-22-9-5-4-8-19(22)20-11-12-23-21(25(20)27)14-15-28-23;1-2-6-17(7-3-1)22-12-10-18(16-26-22)27-23-9-5-4-8-19(23)20-11-13-24-21(25(20)27)14-15-28-24;1-2-6-17(7-3-1)18-12-14-26-24(16-18)27-22-9-5-4-8-19(22)20-10-11-23-21(25(20)27)13-15-28-23;1-2-6-21-17(4-1)18-8-9-22-19(12-15-28-22)24(18)27(21)23-7-3-5-20(26-23)16-10-13-25-14-11-16/h4*1-16H;1-15H. The normalized spacial score (nSPS) is 11.6. The molecule has 0 amide bonds. The van der Waals surface area contributed by atoms with E-state index in [1.165, 1.54) is 81.5 Å². The van der Waals surface area contributed by atoms with E-state index in [2.05, 4.69) is 312 Å². The molecule has 140 heavy (non-hydrogen) atoms. The van der Waals surface area contributed by atoms with Crippen LogP contribution < -0.4 is 0 Å². The Morgan fingerprint density at radius 1 is 0.171 bits per heavy atom. The van der Waals surface area contributed by atoms with Gasteiger partial charge in [0.15, 0.2) is 0 Å². The van der Waals surface area contributed by atoms with Gasteiger partial charge < -0.3 is 31.2 Å². The van der Waals surface area contributed by atoms with E-state index >= 15 is 0 Å². The van der Waals surface area contributed by atoms with E-state index in [-0.39, 0.29) is 0 Å². The molecule has 0 spiro atoms. The summed E-state index contributed by atoms with van der Waals surface area (Å²) in [6.07, 6.45) is 19.9. The van der Waals surface area contributed by atoms with E-state index in [0.717, 1.165) is 167 Å². The largest absolute Gasteiger partial charge is 0.464 e. The van der Waals surface area contributed by atoms with E-state index in [1.54, 1.807) is 43.7 Å². The Bertz CT molecular complexity index is 9110. The van der Waals surface area contributed by atoms with Gasteiger partial charge in [-0.1, -0.05) is 206 Å². The summed E-state index contributed by atoms with van der Waals surface area (Å²) in [4.78, 5) is 27.8. The third-order valence-corrected chi connectivity index (χ3v) is 26.6. The molecule has 0 saturated heterocycles. The van der Waals surface area contributed by atoms with Crippen LogP contribution in [0.25, 0.3) is 249 Å². The van der Waals surface area contributed by atoms with Gasteiger partial charge in [0.05, 0.1) is 115 Å². The molecule has 0 radical (unpaired) electrons. The first-order valence-corrected chi connectivity index (χ1v) is 46.4. The highest BCUT2D eigenvalue weighted by atomic mass is 16.3. The zero-order valence-electron chi connectivity index (χ0n) is 75.1. The fourth-order valence-corrected chi connectivity index (χ4v) is 20.3. The Morgan fingerprint density at radius 2 is 0.529 bits per heavy atom. The molecule has 0 bridgehead atoms. The number of pyridine rings is 6. The summed E-state index contributed by atoms with van der Waals surface area (Å²) in [6.45, 7) is 0. The van der Waals surface area contributed by atoms with Crippen molar-refractivity contribution in [1.82, 2.24) is 52.7 Å². The second kappa shape index (κ2) is 34.6. The molecule has 30 rings (SSSR count). The number of benzene rings is 14. The smallest absolute Gasteiger partial charge is 0.138 e. The maximum absolute atomic E-state index is 5.67. The van der Waals surface area contributed by atoms with Crippen molar-refractivity contribution in [2.75, 3.05) is 0 Å². The van der Waals surface area contributed by atoms with Gasteiger partial charge >= 0.3 is 0 Å². The lowest BCUT2D eigenvalue weighted by atomic mass is 10.1. The first-order valence-electron chi connectivity index (χ1n) is 46.4. The van der Waals surface area contributed by atoms with Gasteiger partial charge in [-0.15, -0.1) is 0 Å². The van der Waals surface area contributed by atoms with E-state index in [1.807, 2.05) is 158 Å². The molecular weight excluding hydrogens is 1720 g/mol. The summed E-state index contributed by atoms with van der Waals surface area (Å²) < 4.78 is 39.6. The zero-order chi connectivity index (χ0) is 92.5. The van der Waals surface area contributed by atoms with Crippen LogP contribution in [0.2, 0.25) is 0 Å². The average molecular weight is 1800 g/mol. The molecule has 14 aromatic carbocycles. The van der Waals surface area contributed by atoms with E-state index in [9.17, 15) is 0 Å². The van der Waals surface area contributed by atoms with E-state index in [0.29, 0.717) is 0 Å². The molecule has 0 aliphatic carbocycles. The summed E-state index contributed by atoms with van der Waals surface area (Å²) in [7, 11) is 0.